The fourth-order valence-electron chi connectivity index (χ4n) is 4.26. The number of carbonyl (C=O) groups is 1. The molecule has 0 aliphatic carbocycles. The molecular weight excluding hydrogens is 530 g/mol. The largest absolute Gasteiger partial charge is 0.381 e. The number of hydrogen-bond acceptors (Lipinski definition) is 7. The van der Waals surface area contributed by atoms with Crippen LogP contribution in [-0.4, -0.2) is 41.2 Å². The maximum atomic E-state index is 13.5. The standard InChI is InChI=1S/C23H20N4O.C8H11N5O/c1-4-21-25-20-12-8-9-17(13-14-18-15-24-26(3)16(18)2)22(20)23(28)27(21)19-10-6-5-7-11-19;1-3-4-11-8-5(7(10)14)6(9)12-13(8)2/h5-12,15H,4H2,1-3H3;3-4H,1H2,2H3,(H2,9,12)(H2,10,14)/b;11-4-. The first kappa shape index (κ1) is 29.2. The lowest BCUT2D eigenvalue weighted by atomic mass is 10.1. The Hall–Kier alpha value is -5.76. The normalized spacial score (nSPS) is 10.7. The number of carbonyl (C=O) groups excluding carboxylic acids is 1. The van der Waals surface area contributed by atoms with Gasteiger partial charge in [0, 0.05) is 32.3 Å². The molecule has 5 rings (SSSR count). The fraction of sp³-hybridized carbons (Fsp3) is 0.161. The van der Waals surface area contributed by atoms with E-state index in [1.54, 1.807) is 22.5 Å². The van der Waals surface area contributed by atoms with Crippen LogP contribution in [0.25, 0.3) is 16.6 Å². The molecule has 0 atom stereocenters. The van der Waals surface area contributed by atoms with Crippen LogP contribution in [0.5, 0.6) is 0 Å². The molecule has 0 radical (unpaired) electrons. The third-order valence-corrected chi connectivity index (χ3v) is 6.46. The van der Waals surface area contributed by atoms with Crippen LogP contribution >= 0.6 is 0 Å². The van der Waals surface area contributed by atoms with Gasteiger partial charge < -0.3 is 11.5 Å². The molecule has 0 spiro atoms. The summed E-state index contributed by atoms with van der Waals surface area (Å²) in [6.07, 6.45) is 5.31. The molecule has 2 aromatic carbocycles. The second-order valence-corrected chi connectivity index (χ2v) is 9.16. The number of hydrogen-bond donors (Lipinski definition) is 2. The molecule has 3 heterocycles. The molecule has 0 aliphatic heterocycles. The molecule has 1 amide bonds. The molecule has 11 heteroatoms. The van der Waals surface area contributed by atoms with Gasteiger partial charge in [-0.25, -0.2) is 14.7 Å². The van der Waals surface area contributed by atoms with Crippen LogP contribution in [-0.2, 0) is 20.5 Å². The van der Waals surface area contributed by atoms with Gasteiger partial charge in [0.15, 0.2) is 11.6 Å². The number of aromatic nitrogens is 6. The minimum Gasteiger partial charge on any atom is -0.381 e. The summed E-state index contributed by atoms with van der Waals surface area (Å²) in [4.78, 5) is 33.1. The lowest BCUT2D eigenvalue weighted by molar-refractivity contribution is 0.100. The zero-order chi connectivity index (χ0) is 30.4. The lowest BCUT2D eigenvalue weighted by Gasteiger charge is -2.13. The molecule has 0 bridgehead atoms. The van der Waals surface area contributed by atoms with Gasteiger partial charge in [-0.2, -0.15) is 10.2 Å². The topological polar surface area (TPSA) is 152 Å². The van der Waals surface area contributed by atoms with Crippen LogP contribution in [0, 0.1) is 18.8 Å². The molecule has 11 nitrogen and oxygen atoms in total. The Morgan fingerprint density at radius 3 is 2.40 bits per heavy atom. The van der Waals surface area contributed by atoms with E-state index in [1.165, 1.54) is 17.0 Å². The number of nitrogen functional groups attached to an aromatic ring is 1. The Kier molecular flexibility index (Phi) is 8.78. The highest BCUT2D eigenvalue weighted by Crippen LogP contribution is 2.23. The van der Waals surface area contributed by atoms with Crippen molar-refractivity contribution in [2.24, 2.45) is 24.8 Å². The molecule has 4 N–H and O–H groups in total. The number of benzene rings is 2. The number of aliphatic imine (C=N–C) groups is 1. The highest BCUT2D eigenvalue weighted by Gasteiger charge is 2.17. The molecule has 5 aromatic rings. The van der Waals surface area contributed by atoms with Crippen LogP contribution in [0.2, 0.25) is 0 Å². The number of rotatable bonds is 5. The molecule has 0 aliphatic rings. The molecule has 212 valence electrons. The van der Waals surface area contributed by atoms with Crippen LogP contribution in [0.4, 0.5) is 11.6 Å². The quantitative estimate of drug-likeness (QED) is 0.248. The van der Waals surface area contributed by atoms with E-state index in [0.717, 1.165) is 22.8 Å². The van der Waals surface area contributed by atoms with E-state index in [1.807, 2.05) is 69.4 Å². The summed E-state index contributed by atoms with van der Waals surface area (Å²) in [6.45, 7) is 7.43. The summed E-state index contributed by atoms with van der Waals surface area (Å²) in [5.74, 6) is 6.80. The van der Waals surface area contributed by atoms with Crippen molar-refractivity contribution in [2.75, 3.05) is 5.73 Å². The lowest BCUT2D eigenvalue weighted by Crippen LogP contribution is -2.24. The zero-order valence-electron chi connectivity index (χ0n) is 23.9. The van der Waals surface area contributed by atoms with Crippen molar-refractivity contribution in [2.45, 2.75) is 20.3 Å². The van der Waals surface area contributed by atoms with Gasteiger partial charge in [-0.3, -0.25) is 18.8 Å². The summed E-state index contributed by atoms with van der Waals surface area (Å²) >= 11 is 0. The summed E-state index contributed by atoms with van der Waals surface area (Å²) < 4.78 is 4.85. The smallest absolute Gasteiger partial charge is 0.267 e. The number of fused-ring (bicyclic) bond motifs is 1. The predicted molar refractivity (Wildman–Crippen MR) is 165 cm³/mol. The molecule has 42 heavy (non-hydrogen) atoms. The minimum atomic E-state index is -0.646. The van der Waals surface area contributed by atoms with Crippen molar-refractivity contribution < 1.29 is 4.79 Å². The Morgan fingerprint density at radius 2 is 1.79 bits per heavy atom. The first-order chi connectivity index (χ1) is 20.2. The van der Waals surface area contributed by atoms with Crippen LogP contribution in [0.1, 0.15) is 39.9 Å². The number of nitrogens with two attached hydrogens (primary N) is 2. The highest BCUT2D eigenvalue weighted by atomic mass is 16.1. The Balaban J connectivity index is 0.000000244. The molecule has 0 fully saturated rings. The number of nitrogens with zero attached hydrogens (tertiary/aromatic N) is 7. The average molecular weight is 562 g/mol. The fourth-order valence-corrected chi connectivity index (χ4v) is 4.26. The van der Waals surface area contributed by atoms with E-state index in [4.69, 9.17) is 16.5 Å². The van der Waals surface area contributed by atoms with Crippen LogP contribution in [0.3, 0.4) is 0 Å². The van der Waals surface area contributed by atoms with E-state index >= 15 is 0 Å². The molecule has 0 unspecified atom stereocenters. The van der Waals surface area contributed by atoms with E-state index in [9.17, 15) is 9.59 Å². The molecular formula is C31H31N9O2. The van der Waals surface area contributed by atoms with E-state index < -0.39 is 5.91 Å². The van der Waals surface area contributed by atoms with Crippen molar-refractivity contribution in [3.05, 3.63) is 106 Å². The van der Waals surface area contributed by atoms with E-state index in [0.29, 0.717) is 28.7 Å². The number of para-hydroxylation sites is 1. The SMILES string of the molecule is C=C/C=N\c1c(C(N)=O)c(N)nn1C.CCc1nc2cccc(C#Cc3cnn(C)c3C)c2c(=O)n1-c1ccccc1. The van der Waals surface area contributed by atoms with Gasteiger partial charge in [-0.15, -0.1) is 0 Å². The van der Waals surface area contributed by atoms with Crippen molar-refractivity contribution in [1.82, 2.24) is 29.1 Å². The van der Waals surface area contributed by atoms with Gasteiger partial charge in [-0.05, 0) is 31.2 Å². The predicted octanol–water partition coefficient (Wildman–Crippen LogP) is 3.38. The van der Waals surface area contributed by atoms with Gasteiger partial charge in [0.25, 0.3) is 11.5 Å². The first-order valence-electron chi connectivity index (χ1n) is 13.1. The van der Waals surface area contributed by atoms with Gasteiger partial charge >= 0.3 is 0 Å². The number of primary amides is 1. The highest BCUT2D eigenvalue weighted by molar-refractivity contribution is 6.02. The third kappa shape index (κ3) is 5.88. The summed E-state index contributed by atoms with van der Waals surface area (Å²) in [7, 11) is 3.51. The summed E-state index contributed by atoms with van der Waals surface area (Å²) in [6, 6.07) is 15.2. The average Bonchev–Trinajstić information content (AvgIpc) is 3.46. The minimum absolute atomic E-state index is 0.0798. The van der Waals surface area contributed by atoms with Crippen molar-refractivity contribution in [1.29, 1.82) is 0 Å². The maximum absolute atomic E-state index is 13.5. The van der Waals surface area contributed by atoms with E-state index in [2.05, 4.69) is 33.6 Å². The Labute approximate surface area is 242 Å². The van der Waals surface area contributed by atoms with Gasteiger partial charge in [-0.1, -0.05) is 55.7 Å². The number of allylic oxidation sites excluding steroid dienone is 1. The molecule has 0 saturated carbocycles. The summed E-state index contributed by atoms with van der Waals surface area (Å²) in [5.41, 5.74) is 14.6. The van der Waals surface area contributed by atoms with Gasteiger partial charge in [0.2, 0.25) is 0 Å². The Morgan fingerprint density at radius 1 is 1.07 bits per heavy atom. The number of aryl methyl sites for hydroxylation is 3. The zero-order valence-corrected chi connectivity index (χ0v) is 23.9. The number of anilines is 1. The second kappa shape index (κ2) is 12.6. The van der Waals surface area contributed by atoms with Gasteiger partial charge in [0.05, 0.1) is 34.0 Å². The van der Waals surface area contributed by atoms with Crippen LogP contribution < -0.4 is 17.0 Å². The van der Waals surface area contributed by atoms with Gasteiger partial charge in [0.1, 0.15) is 11.4 Å². The van der Waals surface area contributed by atoms with Crippen molar-refractivity contribution in [3.8, 4) is 17.5 Å². The Bertz CT molecular complexity index is 1930. The molecule has 3 aromatic heterocycles. The third-order valence-electron chi connectivity index (χ3n) is 6.46. The summed E-state index contributed by atoms with van der Waals surface area (Å²) in [5, 5.41) is 8.59. The van der Waals surface area contributed by atoms with Crippen LogP contribution in [0.15, 0.2) is 77.2 Å². The monoisotopic (exact) mass is 561 g/mol. The molecule has 0 saturated heterocycles. The van der Waals surface area contributed by atoms with Crippen molar-refractivity contribution in [3.63, 3.8) is 0 Å². The van der Waals surface area contributed by atoms with E-state index in [-0.39, 0.29) is 16.9 Å². The second-order valence-electron chi connectivity index (χ2n) is 9.16. The maximum Gasteiger partial charge on any atom is 0.267 e. The van der Waals surface area contributed by atoms with Crippen molar-refractivity contribution >= 4 is 34.7 Å². The first-order valence-corrected chi connectivity index (χ1v) is 13.1. The number of amides is 1.